The van der Waals surface area contributed by atoms with Crippen LogP contribution < -0.4 is 4.90 Å². The normalized spacial score (nSPS) is 17.8. The Morgan fingerprint density at radius 2 is 2.23 bits per heavy atom. The molecule has 0 saturated carbocycles. The van der Waals surface area contributed by atoms with E-state index in [1.54, 1.807) is 6.33 Å². The van der Waals surface area contributed by atoms with Crippen LogP contribution in [0.25, 0.3) is 0 Å². The van der Waals surface area contributed by atoms with Crippen LogP contribution in [-0.2, 0) is 17.7 Å². The van der Waals surface area contributed by atoms with Crippen LogP contribution >= 0.6 is 0 Å². The molecular formula is C15H21N5O2. The summed E-state index contributed by atoms with van der Waals surface area (Å²) in [5.74, 6) is 2.60. The van der Waals surface area contributed by atoms with Crippen LogP contribution in [0, 0.1) is 0 Å². The van der Waals surface area contributed by atoms with Crippen molar-refractivity contribution in [3.63, 3.8) is 0 Å². The number of hydrogen-bond donors (Lipinski definition) is 0. The van der Waals surface area contributed by atoms with Gasteiger partial charge in [0.2, 0.25) is 5.89 Å². The number of aryl methyl sites for hydroxylation is 1. The van der Waals surface area contributed by atoms with Gasteiger partial charge in [0, 0.05) is 31.6 Å². The van der Waals surface area contributed by atoms with E-state index in [-0.39, 0.29) is 0 Å². The van der Waals surface area contributed by atoms with Crippen molar-refractivity contribution in [3.05, 3.63) is 29.8 Å². The fourth-order valence-electron chi connectivity index (χ4n) is 2.54. The zero-order valence-electron chi connectivity index (χ0n) is 13.0. The summed E-state index contributed by atoms with van der Waals surface area (Å²) in [5.41, 5.74) is 1.04. The molecule has 118 valence electrons. The molecule has 1 unspecified atom stereocenters. The van der Waals surface area contributed by atoms with Crippen LogP contribution in [0.4, 0.5) is 5.82 Å². The highest BCUT2D eigenvalue weighted by molar-refractivity contribution is 5.39. The Hall–Kier alpha value is -2.02. The quantitative estimate of drug-likeness (QED) is 0.807. The molecule has 0 radical (unpaired) electrons. The molecule has 7 heteroatoms. The molecule has 1 aliphatic rings. The summed E-state index contributed by atoms with van der Waals surface area (Å²) in [6.07, 6.45) is 3.41. The second-order valence-corrected chi connectivity index (χ2v) is 5.33. The summed E-state index contributed by atoms with van der Waals surface area (Å²) in [4.78, 5) is 15.2. The molecule has 0 amide bonds. The number of aromatic nitrogens is 4. The number of ether oxygens (including phenoxy) is 1. The van der Waals surface area contributed by atoms with Crippen molar-refractivity contribution in [3.8, 4) is 0 Å². The minimum Gasteiger partial charge on any atom is -0.381 e. The van der Waals surface area contributed by atoms with Crippen molar-refractivity contribution in [2.45, 2.75) is 39.2 Å². The standard InChI is InChI=1S/C15H21N5O2/c1-3-13-18-15(22-19-13)8-20(4-2)14-7-12(16-10-17-14)11-5-6-21-9-11/h7,10-11H,3-6,8-9H2,1-2H3. The van der Waals surface area contributed by atoms with Gasteiger partial charge in [0.1, 0.15) is 12.1 Å². The lowest BCUT2D eigenvalue weighted by Gasteiger charge is -2.20. The lowest BCUT2D eigenvalue weighted by molar-refractivity contribution is 0.193. The highest BCUT2D eigenvalue weighted by Crippen LogP contribution is 2.25. The van der Waals surface area contributed by atoms with E-state index in [1.165, 1.54) is 0 Å². The van der Waals surface area contributed by atoms with Gasteiger partial charge in [-0.2, -0.15) is 4.98 Å². The van der Waals surface area contributed by atoms with Crippen LogP contribution in [0.2, 0.25) is 0 Å². The number of anilines is 1. The van der Waals surface area contributed by atoms with E-state index in [2.05, 4.69) is 31.9 Å². The van der Waals surface area contributed by atoms with Gasteiger partial charge >= 0.3 is 0 Å². The van der Waals surface area contributed by atoms with Crippen molar-refractivity contribution in [2.24, 2.45) is 0 Å². The largest absolute Gasteiger partial charge is 0.381 e. The fourth-order valence-corrected chi connectivity index (χ4v) is 2.54. The van der Waals surface area contributed by atoms with Crippen molar-refractivity contribution in [1.29, 1.82) is 0 Å². The number of rotatable bonds is 6. The van der Waals surface area contributed by atoms with Crippen LogP contribution in [0.15, 0.2) is 16.9 Å². The first kappa shape index (κ1) is 14.9. The predicted molar refractivity (Wildman–Crippen MR) is 80.6 cm³/mol. The van der Waals surface area contributed by atoms with Crippen molar-refractivity contribution in [1.82, 2.24) is 20.1 Å². The average molecular weight is 303 g/mol. The average Bonchev–Trinajstić information content (AvgIpc) is 3.24. The summed E-state index contributed by atoms with van der Waals surface area (Å²) in [6.45, 7) is 7.00. The van der Waals surface area contributed by atoms with E-state index in [0.717, 1.165) is 49.9 Å². The summed E-state index contributed by atoms with van der Waals surface area (Å²) in [5, 5.41) is 3.93. The van der Waals surface area contributed by atoms with Gasteiger partial charge in [-0.25, -0.2) is 9.97 Å². The van der Waals surface area contributed by atoms with Crippen LogP contribution in [0.3, 0.4) is 0 Å². The minimum absolute atomic E-state index is 0.371. The van der Waals surface area contributed by atoms with Gasteiger partial charge < -0.3 is 14.2 Å². The molecule has 1 aliphatic heterocycles. The van der Waals surface area contributed by atoms with Gasteiger partial charge in [-0.1, -0.05) is 12.1 Å². The molecule has 0 bridgehead atoms. The zero-order valence-corrected chi connectivity index (χ0v) is 13.0. The molecule has 0 aromatic carbocycles. The van der Waals surface area contributed by atoms with E-state index in [0.29, 0.717) is 18.4 Å². The van der Waals surface area contributed by atoms with Gasteiger partial charge in [0.15, 0.2) is 5.82 Å². The van der Waals surface area contributed by atoms with E-state index >= 15 is 0 Å². The highest BCUT2D eigenvalue weighted by atomic mass is 16.5. The Balaban J connectivity index is 1.76. The second-order valence-electron chi connectivity index (χ2n) is 5.33. The maximum absolute atomic E-state index is 5.44. The van der Waals surface area contributed by atoms with Crippen molar-refractivity contribution in [2.75, 3.05) is 24.7 Å². The minimum atomic E-state index is 0.371. The Kier molecular flexibility index (Phi) is 4.62. The Bertz CT molecular complexity index is 609. The van der Waals surface area contributed by atoms with Gasteiger partial charge in [-0.15, -0.1) is 0 Å². The first-order valence-corrected chi connectivity index (χ1v) is 7.76. The van der Waals surface area contributed by atoms with E-state index < -0.39 is 0 Å². The topological polar surface area (TPSA) is 77.2 Å². The lowest BCUT2D eigenvalue weighted by Crippen LogP contribution is -2.23. The first-order chi connectivity index (χ1) is 10.8. The molecular weight excluding hydrogens is 282 g/mol. The van der Waals surface area contributed by atoms with Gasteiger partial charge in [0.25, 0.3) is 0 Å². The summed E-state index contributed by atoms with van der Waals surface area (Å²) >= 11 is 0. The predicted octanol–water partition coefficient (Wildman–Crippen LogP) is 1.95. The molecule has 3 rings (SSSR count). The van der Waals surface area contributed by atoms with Gasteiger partial charge in [0.05, 0.1) is 18.8 Å². The molecule has 2 aromatic rings. The maximum atomic E-state index is 5.44. The lowest BCUT2D eigenvalue weighted by atomic mass is 10.0. The first-order valence-electron chi connectivity index (χ1n) is 7.76. The summed E-state index contributed by atoms with van der Waals surface area (Å²) in [6, 6.07) is 2.04. The van der Waals surface area contributed by atoms with Gasteiger partial charge in [-0.3, -0.25) is 0 Å². The fraction of sp³-hybridized carbons (Fsp3) is 0.600. The molecule has 1 saturated heterocycles. The van der Waals surface area contributed by atoms with E-state index in [9.17, 15) is 0 Å². The molecule has 2 aromatic heterocycles. The van der Waals surface area contributed by atoms with Crippen molar-refractivity contribution >= 4 is 5.82 Å². The molecule has 7 nitrogen and oxygen atoms in total. The third kappa shape index (κ3) is 3.24. The third-order valence-corrected chi connectivity index (χ3v) is 3.88. The maximum Gasteiger partial charge on any atom is 0.246 e. The van der Waals surface area contributed by atoms with Crippen LogP contribution in [0.1, 0.15) is 43.6 Å². The third-order valence-electron chi connectivity index (χ3n) is 3.88. The number of nitrogens with zero attached hydrogens (tertiary/aromatic N) is 5. The second kappa shape index (κ2) is 6.83. The molecule has 1 fully saturated rings. The SMILES string of the molecule is CCc1noc(CN(CC)c2cc(C3CCOC3)ncn2)n1. The van der Waals surface area contributed by atoms with Crippen LogP contribution in [0.5, 0.6) is 0 Å². The van der Waals surface area contributed by atoms with Gasteiger partial charge in [-0.05, 0) is 13.3 Å². The summed E-state index contributed by atoms with van der Waals surface area (Å²) in [7, 11) is 0. The number of hydrogen-bond acceptors (Lipinski definition) is 7. The van der Waals surface area contributed by atoms with E-state index in [1.807, 2.05) is 13.0 Å². The van der Waals surface area contributed by atoms with Crippen LogP contribution in [-0.4, -0.2) is 39.9 Å². The molecule has 0 spiro atoms. The summed E-state index contributed by atoms with van der Waals surface area (Å²) < 4.78 is 10.7. The Morgan fingerprint density at radius 3 is 2.91 bits per heavy atom. The smallest absolute Gasteiger partial charge is 0.246 e. The molecule has 0 aliphatic carbocycles. The zero-order chi connectivity index (χ0) is 15.4. The molecule has 0 N–H and O–H groups in total. The van der Waals surface area contributed by atoms with E-state index in [4.69, 9.17) is 9.26 Å². The Morgan fingerprint density at radius 1 is 1.32 bits per heavy atom. The molecule has 3 heterocycles. The Labute approximate surface area is 129 Å². The van der Waals surface area contributed by atoms with Crippen molar-refractivity contribution < 1.29 is 9.26 Å². The molecule has 22 heavy (non-hydrogen) atoms. The monoisotopic (exact) mass is 303 g/mol. The molecule has 1 atom stereocenters. The highest BCUT2D eigenvalue weighted by Gasteiger charge is 2.21.